The van der Waals surface area contributed by atoms with Crippen LogP contribution < -0.4 is 31.7 Å². The maximum atomic E-state index is 15.5. The van der Waals surface area contributed by atoms with Gasteiger partial charge in [-0.15, -0.1) is 0 Å². The zero-order chi connectivity index (χ0) is 42.1. The third-order valence-corrected chi connectivity index (χ3v) is 8.18. The van der Waals surface area contributed by atoms with Gasteiger partial charge in [0, 0.05) is 31.1 Å². The minimum absolute atomic E-state index is 0.0160. The second kappa shape index (κ2) is 18.8. The van der Waals surface area contributed by atoms with Gasteiger partial charge in [0.05, 0.1) is 19.7 Å². The number of nitrogens with two attached hydrogens (primary N) is 1. The molecule has 0 unspecified atom stereocenters. The van der Waals surface area contributed by atoms with Gasteiger partial charge in [-0.1, -0.05) is 6.07 Å². The van der Waals surface area contributed by atoms with Crippen molar-refractivity contribution in [2.75, 3.05) is 33.9 Å². The normalized spacial score (nSPS) is 17.9. The average Bonchev–Trinajstić information content (AvgIpc) is 3.08. The number of fused-ring (bicyclic) bond motifs is 5. The monoisotopic (exact) mass is 788 g/mol. The number of nitrogens with zero attached hydrogens (tertiary/aromatic N) is 1. The lowest BCUT2D eigenvalue weighted by atomic mass is 9.93. The molecule has 17 nitrogen and oxygen atoms in total. The summed E-state index contributed by atoms with van der Waals surface area (Å²) in [5.74, 6) is -4.97. The van der Waals surface area contributed by atoms with Crippen molar-refractivity contribution in [3.63, 3.8) is 0 Å². The number of halogens is 1. The van der Waals surface area contributed by atoms with Gasteiger partial charge in [0.15, 0.2) is 11.6 Å². The third kappa shape index (κ3) is 12.7. The van der Waals surface area contributed by atoms with Crippen LogP contribution in [0.4, 0.5) is 14.0 Å². The highest BCUT2D eigenvalue weighted by molar-refractivity contribution is 5.95. The van der Waals surface area contributed by atoms with Gasteiger partial charge in [-0.25, -0.2) is 18.8 Å². The van der Waals surface area contributed by atoms with Crippen LogP contribution in [0.5, 0.6) is 11.5 Å². The standard InChI is InChI=1S/C38H53FN6O11/c1-20-31(47)44-27(34(50)53-9)18-21-16-24(30(46)25(39)17-21)23-19-22(10-11-28(23)54-15-14-42-36(52)56-38(5,6)7)29(32(48)43-20)45(8)33(49)26(40)12-13-41-35(51)55-37(2,3)4/h10-11,16-17,19-20,26-27,29,46H,12-15,18,40H2,1-9H3,(H,41,51)(H,42,52)(H,43,48)(H,44,47)/t20-,26-,27-,29-/m0/s1. The minimum atomic E-state index is -1.47. The van der Waals surface area contributed by atoms with E-state index >= 15 is 4.39 Å². The van der Waals surface area contributed by atoms with E-state index in [1.165, 1.54) is 38.2 Å². The molecule has 0 radical (unpaired) electrons. The Morgan fingerprint density at radius 2 is 1.55 bits per heavy atom. The van der Waals surface area contributed by atoms with E-state index in [0.717, 1.165) is 18.1 Å². The van der Waals surface area contributed by atoms with Crippen LogP contribution in [0.15, 0.2) is 30.3 Å². The first-order chi connectivity index (χ1) is 26.0. The van der Waals surface area contributed by atoms with Crippen LogP contribution in [0.3, 0.4) is 0 Å². The molecule has 308 valence electrons. The first kappa shape index (κ1) is 44.7. The first-order valence-corrected chi connectivity index (χ1v) is 17.9. The Bertz CT molecular complexity index is 1790. The molecule has 0 aromatic heterocycles. The fourth-order valence-electron chi connectivity index (χ4n) is 5.59. The van der Waals surface area contributed by atoms with Crippen molar-refractivity contribution in [3.8, 4) is 22.6 Å². The molecule has 4 atom stereocenters. The smallest absolute Gasteiger partial charge is 0.407 e. The van der Waals surface area contributed by atoms with Crippen molar-refractivity contribution in [3.05, 3.63) is 47.3 Å². The highest BCUT2D eigenvalue weighted by atomic mass is 19.1. The van der Waals surface area contributed by atoms with E-state index < -0.39 is 82.8 Å². The van der Waals surface area contributed by atoms with Crippen molar-refractivity contribution in [2.45, 2.75) is 96.7 Å². The number of ether oxygens (including phenoxy) is 4. The number of rotatable bonds is 10. The van der Waals surface area contributed by atoms with Crippen LogP contribution in [0.25, 0.3) is 11.1 Å². The van der Waals surface area contributed by atoms with E-state index in [0.29, 0.717) is 0 Å². The van der Waals surface area contributed by atoms with Gasteiger partial charge in [-0.2, -0.15) is 0 Å². The van der Waals surface area contributed by atoms with Crippen molar-refractivity contribution in [1.29, 1.82) is 0 Å². The number of nitrogens with one attached hydrogen (secondary N) is 4. The summed E-state index contributed by atoms with van der Waals surface area (Å²) in [5, 5.41) is 21.3. The number of phenolic OH excluding ortho intramolecular Hbond substituents is 1. The molecule has 0 spiro atoms. The number of methoxy groups -OCH3 is 1. The van der Waals surface area contributed by atoms with Gasteiger partial charge in [0.25, 0.3) is 0 Å². The summed E-state index contributed by atoms with van der Waals surface area (Å²) in [5.41, 5.74) is 5.04. The molecular formula is C38H53FN6O11. The Balaban J connectivity index is 2.11. The van der Waals surface area contributed by atoms with Gasteiger partial charge in [-0.05, 0) is 90.3 Å². The Kier molecular flexibility index (Phi) is 15.0. The highest BCUT2D eigenvalue weighted by Gasteiger charge is 2.35. The number of alkyl carbamates (subject to hydrolysis) is 2. The van der Waals surface area contributed by atoms with Gasteiger partial charge in [-0.3, -0.25) is 14.4 Å². The molecule has 0 saturated carbocycles. The average molecular weight is 789 g/mol. The molecule has 1 aliphatic rings. The van der Waals surface area contributed by atoms with Crippen molar-refractivity contribution in [1.82, 2.24) is 26.2 Å². The van der Waals surface area contributed by atoms with E-state index in [-0.39, 0.29) is 60.5 Å². The highest BCUT2D eigenvalue weighted by Crippen LogP contribution is 2.40. The Hall–Kier alpha value is -5.65. The minimum Gasteiger partial charge on any atom is -0.504 e. The zero-order valence-corrected chi connectivity index (χ0v) is 33.2. The predicted octanol–water partition coefficient (Wildman–Crippen LogP) is 2.56. The lowest BCUT2D eigenvalue weighted by Gasteiger charge is -2.31. The summed E-state index contributed by atoms with van der Waals surface area (Å²) in [6.07, 6.45) is -1.71. The number of hydrogen-bond donors (Lipinski definition) is 6. The van der Waals surface area contributed by atoms with Crippen LogP contribution in [0.1, 0.15) is 72.1 Å². The SMILES string of the molecule is COC(=O)[C@@H]1Cc2cc(F)c(O)c(c2)-c2cc(ccc2OCCNC(=O)OC(C)(C)C)[C@H](N(C)C(=O)[C@@H](N)CCNC(=O)OC(C)(C)C)C(=O)N[C@@H](C)C(=O)N1. The van der Waals surface area contributed by atoms with Crippen LogP contribution in [0.2, 0.25) is 0 Å². The summed E-state index contributed by atoms with van der Waals surface area (Å²) in [7, 11) is 2.43. The van der Waals surface area contributed by atoms with Crippen molar-refractivity contribution >= 4 is 35.9 Å². The van der Waals surface area contributed by atoms with Gasteiger partial charge < -0.3 is 56.0 Å². The molecule has 2 aromatic carbocycles. The molecule has 3 rings (SSSR count). The molecule has 0 saturated heterocycles. The lowest BCUT2D eigenvalue weighted by molar-refractivity contribution is -0.145. The molecule has 18 heteroatoms. The third-order valence-electron chi connectivity index (χ3n) is 8.18. The summed E-state index contributed by atoms with van der Waals surface area (Å²) >= 11 is 0. The van der Waals surface area contributed by atoms with Crippen LogP contribution >= 0.6 is 0 Å². The quantitative estimate of drug-likeness (QED) is 0.116. The molecule has 0 aliphatic carbocycles. The van der Waals surface area contributed by atoms with Crippen LogP contribution in [-0.4, -0.2) is 109 Å². The molecule has 1 aliphatic heterocycles. The predicted molar refractivity (Wildman–Crippen MR) is 201 cm³/mol. The Labute approximate surface area is 325 Å². The molecular weight excluding hydrogens is 735 g/mol. The van der Waals surface area contributed by atoms with E-state index in [1.807, 2.05) is 0 Å². The lowest BCUT2D eigenvalue weighted by Crippen LogP contribution is -2.54. The number of hydrogen-bond acceptors (Lipinski definition) is 12. The molecule has 56 heavy (non-hydrogen) atoms. The first-order valence-electron chi connectivity index (χ1n) is 17.9. The largest absolute Gasteiger partial charge is 0.504 e. The maximum Gasteiger partial charge on any atom is 0.407 e. The number of likely N-dealkylation sites (N-methyl/N-ethyl adjacent to an activating group) is 1. The van der Waals surface area contributed by atoms with Gasteiger partial charge >= 0.3 is 18.2 Å². The number of benzene rings is 2. The molecule has 7 N–H and O–H groups in total. The van der Waals surface area contributed by atoms with Gasteiger partial charge in [0.1, 0.15) is 41.7 Å². The second-order valence-corrected chi connectivity index (χ2v) is 15.2. The number of aromatic hydroxyl groups is 1. The molecule has 2 aromatic rings. The molecule has 1 heterocycles. The number of carbonyl (C=O) groups is 6. The van der Waals surface area contributed by atoms with E-state index in [9.17, 15) is 33.9 Å². The summed E-state index contributed by atoms with van der Waals surface area (Å²) in [6.45, 7) is 11.4. The maximum absolute atomic E-state index is 15.5. The molecule has 5 amide bonds. The fourth-order valence-corrected chi connectivity index (χ4v) is 5.59. The molecule has 0 fully saturated rings. The number of esters is 1. The van der Waals surface area contributed by atoms with Gasteiger partial charge in [0.2, 0.25) is 17.7 Å². The van der Waals surface area contributed by atoms with Crippen LogP contribution in [0, 0.1) is 5.82 Å². The van der Waals surface area contributed by atoms with E-state index in [2.05, 4.69) is 21.3 Å². The summed E-state index contributed by atoms with van der Waals surface area (Å²) in [4.78, 5) is 79.3. The van der Waals surface area contributed by atoms with Crippen molar-refractivity contribution in [2.24, 2.45) is 5.73 Å². The number of phenols is 1. The van der Waals surface area contributed by atoms with Crippen molar-refractivity contribution < 1.29 is 57.2 Å². The number of amides is 5. The second-order valence-electron chi connectivity index (χ2n) is 15.2. The van der Waals surface area contributed by atoms with Crippen LogP contribution in [-0.2, 0) is 39.8 Å². The number of carbonyl (C=O) groups excluding carboxylic acids is 6. The Morgan fingerprint density at radius 3 is 2.14 bits per heavy atom. The molecule has 4 bridgehead atoms. The van der Waals surface area contributed by atoms with E-state index in [4.69, 9.17) is 24.7 Å². The summed E-state index contributed by atoms with van der Waals surface area (Å²) < 4.78 is 36.8. The summed E-state index contributed by atoms with van der Waals surface area (Å²) in [6, 6.07) is 1.43. The van der Waals surface area contributed by atoms with E-state index in [1.54, 1.807) is 41.5 Å². The Morgan fingerprint density at radius 1 is 0.946 bits per heavy atom. The zero-order valence-electron chi connectivity index (χ0n) is 33.2. The fraction of sp³-hybridized carbons (Fsp3) is 0.526. The topological polar surface area (TPSA) is 237 Å².